The molecule has 2 N–H and O–H groups in total. The minimum absolute atomic E-state index is 0.349. The van der Waals surface area contributed by atoms with Crippen LogP contribution in [0.3, 0.4) is 0 Å². The molecule has 2 unspecified atom stereocenters. The van der Waals surface area contributed by atoms with Crippen LogP contribution in [0, 0.1) is 0 Å². The monoisotopic (exact) mass is 241 g/mol. The molecule has 4 nitrogen and oxygen atoms in total. The van der Waals surface area contributed by atoms with Crippen molar-refractivity contribution < 1.29 is 15.0 Å². The first-order valence-electron chi connectivity index (χ1n) is 4.97. The number of aldehydes is 1. The van der Waals surface area contributed by atoms with Crippen LogP contribution < -0.4 is 4.90 Å². The molecule has 0 bridgehead atoms. The summed E-state index contributed by atoms with van der Waals surface area (Å²) in [6, 6.07) is 4.95. The Morgan fingerprint density at radius 3 is 2.44 bits per heavy atom. The Labute approximate surface area is 98.1 Å². The number of benzene rings is 1. The number of aliphatic hydroxyl groups excluding tert-OH is 2. The van der Waals surface area contributed by atoms with Gasteiger partial charge in [-0.25, -0.2) is 0 Å². The third kappa shape index (κ3) is 2.04. The molecule has 0 spiro atoms. The molecule has 0 amide bonds. The summed E-state index contributed by atoms with van der Waals surface area (Å²) >= 11 is 6.02. The van der Waals surface area contributed by atoms with E-state index in [0.29, 0.717) is 23.7 Å². The van der Waals surface area contributed by atoms with Crippen molar-refractivity contribution in [2.75, 3.05) is 18.0 Å². The van der Waals surface area contributed by atoms with Crippen LogP contribution in [0.4, 0.5) is 5.69 Å². The van der Waals surface area contributed by atoms with Gasteiger partial charge in [-0.05, 0) is 18.2 Å². The fraction of sp³-hybridized carbons (Fsp3) is 0.364. The average Bonchev–Trinajstić information content (AvgIpc) is 2.58. The van der Waals surface area contributed by atoms with E-state index < -0.39 is 12.2 Å². The van der Waals surface area contributed by atoms with Crippen molar-refractivity contribution in [1.29, 1.82) is 0 Å². The summed E-state index contributed by atoms with van der Waals surface area (Å²) in [6.45, 7) is 0.697. The Kier molecular flexibility index (Phi) is 3.14. The van der Waals surface area contributed by atoms with Gasteiger partial charge >= 0.3 is 0 Å². The van der Waals surface area contributed by atoms with E-state index in [0.717, 1.165) is 12.0 Å². The highest BCUT2D eigenvalue weighted by atomic mass is 35.5. The third-order valence-corrected chi connectivity index (χ3v) is 3.01. The first-order chi connectivity index (χ1) is 7.61. The number of anilines is 1. The van der Waals surface area contributed by atoms with E-state index in [1.165, 1.54) is 0 Å². The van der Waals surface area contributed by atoms with Crippen molar-refractivity contribution in [1.82, 2.24) is 0 Å². The van der Waals surface area contributed by atoms with Gasteiger partial charge in [0.25, 0.3) is 0 Å². The van der Waals surface area contributed by atoms with Gasteiger partial charge in [0.2, 0.25) is 0 Å². The van der Waals surface area contributed by atoms with Gasteiger partial charge in [-0.1, -0.05) is 11.6 Å². The number of hydrogen-bond donors (Lipinski definition) is 2. The lowest BCUT2D eigenvalue weighted by Gasteiger charge is -2.19. The lowest BCUT2D eigenvalue weighted by atomic mass is 10.2. The van der Waals surface area contributed by atoms with Crippen molar-refractivity contribution in [2.45, 2.75) is 12.2 Å². The predicted molar refractivity (Wildman–Crippen MR) is 61.1 cm³/mol. The van der Waals surface area contributed by atoms with Crippen LogP contribution >= 0.6 is 11.6 Å². The van der Waals surface area contributed by atoms with E-state index in [-0.39, 0.29) is 0 Å². The summed E-state index contributed by atoms with van der Waals surface area (Å²) in [6.07, 6.45) is -0.771. The number of halogens is 1. The zero-order valence-corrected chi connectivity index (χ0v) is 9.26. The van der Waals surface area contributed by atoms with Crippen molar-refractivity contribution >= 4 is 23.6 Å². The van der Waals surface area contributed by atoms with Crippen molar-refractivity contribution in [3.8, 4) is 0 Å². The molecule has 1 aromatic carbocycles. The van der Waals surface area contributed by atoms with E-state index in [9.17, 15) is 15.0 Å². The molecule has 2 rings (SSSR count). The third-order valence-electron chi connectivity index (χ3n) is 2.71. The van der Waals surface area contributed by atoms with E-state index in [1.807, 2.05) is 0 Å². The molecule has 86 valence electrons. The molecule has 2 atom stereocenters. The zero-order valence-electron chi connectivity index (χ0n) is 8.51. The summed E-state index contributed by atoms with van der Waals surface area (Å²) in [5.74, 6) is 0. The Bertz CT molecular complexity index is 400. The Balaban J connectivity index is 2.25. The van der Waals surface area contributed by atoms with Gasteiger partial charge in [-0.15, -0.1) is 0 Å². The average molecular weight is 242 g/mol. The standard InChI is InChI=1S/C11H12ClNO3/c12-8-3-7(6-14)1-2-9(8)13-4-10(15)11(16)5-13/h1-3,6,10-11,15-16H,4-5H2. The number of carbonyl (C=O) groups excluding carboxylic acids is 1. The lowest BCUT2D eigenvalue weighted by Crippen LogP contribution is -2.22. The Morgan fingerprint density at radius 1 is 1.31 bits per heavy atom. The van der Waals surface area contributed by atoms with Gasteiger partial charge < -0.3 is 15.1 Å². The second-order valence-electron chi connectivity index (χ2n) is 3.87. The first kappa shape index (κ1) is 11.4. The molecule has 1 aromatic rings. The summed E-state index contributed by atoms with van der Waals surface area (Å²) < 4.78 is 0. The molecular weight excluding hydrogens is 230 g/mol. The van der Waals surface area contributed by atoms with Crippen LogP contribution in [0.2, 0.25) is 5.02 Å². The van der Waals surface area contributed by atoms with E-state index >= 15 is 0 Å². The quantitative estimate of drug-likeness (QED) is 0.749. The summed E-state index contributed by atoms with van der Waals surface area (Å²) in [4.78, 5) is 12.3. The maximum Gasteiger partial charge on any atom is 0.150 e. The van der Waals surface area contributed by atoms with E-state index in [4.69, 9.17) is 11.6 Å². The van der Waals surface area contributed by atoms with Gasteiger partial charge in [0.1, 0.15) is 6.29 Å². The number of carbonyl (C=O) groups is 1. The normalized spacial score (nSPS) is 24.8. The van der Waals surface area contributed by atoms with Crippen LogP contribution in [0.5, 0.6) is 0 Å². The molecule has 5 heteroatoms. The maximum atomic E-state index is 10.5. The minimum Gasteiger partial charge on any atom is -0.389 e. The topological polar surface area (TPSA) is 60.8 Å². The number of rotatable bonds is 2. The summed E-state index contributed by atoms with van der Waals surface area (Å²) in [5, 5.41) is 19.3. The lowest BCUT2D eigenvalue weighted by molar-refractivity contribution is 0.0572. The van der Waals surface area contributed by atoms with Gasteiger partial charge in [0, 0.05) is 18.7 Å². The largest absolute Gasteiger partial charge is 0.389 e. The molecule has 0 aliphatic carbocycles. The molecule has 0 saturated carbocycles. The maximum absolute atomic E-state index is 10.5. The van der Waals surface area contributed by atoms with Gasteiger partial charge in [-0.2, -0.15) is 0 Å². The number of β-amino-alcohol motifs (C(OH)–C–C–N with tert-alkyl or cyclic N) is 2. The summed E-state index contributed by atoms with van der Waals surface area (Å²) in [5.41, 5.74) is 1.23. The highest BCUT2D eigenvalue weighted by Gasteiger charge is 2.30. The number of hydrogen-bond acceptors (Lipinski definition) is 4. The molecule has 1 fully saturated rings. The predicted octanol–water partition coefficient (Wildman–Crippen LogP) is 0.694. The highest BCUT2D eigenvalue weighted by molar-refractivity contribution is 6.33. The molecule has 1 aliphatic rings. The SMILES string of the molecule is O=Cc1ccc(N2CC(O)C(O)C2)c(Cl)c1. The van der Waals surface area contributed by atoms with Crippen LogP contribution in [0.25, 0.3) is 0 Å². The highest BCUT2D eigenvalue weighted by Crippen LogP contribution is 2.29. The minimum atomic E-state index is -0.748. The second kappa shape index (κ2) is 4.41. The van der Waals surface area contributed by atoms with Crippen LogP contribution in [0.15, 0.2) is 18.2 Å². The number of nitrogens with zero attached hydrogens (tertiary/aromatic N) is 1. The number of aliphatic hydroxyl groups is 2. The van der Waals surface area contributed by atoms with E-state index in [2.05, 4.69) is 0 Å². The molecule has 16 heavy (non-hydrogen) atoms. The molecule has 0 radical (unpaired) electrons. The van der Waals surface area contributed by atoms with Crippen LogP contribution in [-0.2, 0) is 0 Å². The van der Waals surface area contributed by atoms with Gasteiger partial charge in [0.15, 0.2) is 0 Å². The Morgan fingerprint density at radius 2 is 1.94 bits per heavy atom. The molecule has 1 aliphatic heterocycles. The first-order valence-corrected chi connectivity index (χ1v) is 5.35. The fourth-order valence-electron chi connectivity index (χ4n) is 1.82. The molecule has 0 aromatic heterocycles. The molecule has 1 saturated heterocycles. The van der Waals surface area contributed by atoms with Gasteiger partial charge in [0.05, 0.1) is 22.9 Å². The van der Waals surface area contributed by atoms with Crippen molar-refractivity contribution in [3.63, 3.8) is 0 Å². The molecule has 1 heterocycles. The second-order valence-corrected chi connectivity index (χ2v) is 4.28. The van der Waals surface area contributed by atoms with Crippen molar-refractivity contribution in [2.24, 2.45) is 0 Å². The van der Waals surface area contributed by atoms with Gasteiger partial charge in [-0.3, -0.25) is 4.79 Å². The molecular formula is C11H12ClNO3. The zero-order chi connectivity index (χ0) is 11.7. The summed E-state index contributed by atoms with van der Waals surface area (Å²) in [7, 11) is 0. The fourth-order valence-corrected chi connectivity index (χ4v) is 2.13. The smallest absolute Gasteiger partial charge is 0.150 e. The Hall–Kier alpha value is -1.10. The van der Waals surface area contributed by atoms with Crippen molar-refractivity contribution in [3.05, 3.63) is 28.8 Å². The van der Waals surface area contributed by atoms with Crippen LogP contribution in [-0.4, -0.2) is 41.8 Å². The van der Waals surface area contributed by atoms with E-state index in [1.54, 1.807) is 23.1 Å². The van der Waals surface area contributed by atoms with Crippen LogP contribution in [0.1, 0.15) is 10.4 Å².